The Morgan fingerprint density at radius 3 is 2.87 bits per heavy atom. The molecule has 2 heterocycles. The predicted octanol–water partition coefficient (Wildman–Crippen LogP) is 2.98. The third-order valence-corrected chi connectivity index (χ3v) is 4.41. The molecule has 3 aromatic rings. The van der Waals surface area contributed by atoms with Crippen LogP contribution in [0.15, 0.2) is 29.3 Å². The SMILES string of the molecule is Cc1cn2c(=O)c(C(=O)Nc3cc(Cl)cc(C)c3O)cnc2s1. The smallest absolute Gasteiger partial charge is 0.271 e. The number of aryl methyl sites for hydroxylation is 2. The summed E-state index contributed by atoms with van der Waals surface area (Å²) in [5.74, 6) is -0.749. The Morgan fingerprint density at radius 2 is 2.13 bits per heavy atom. The van der Waals surface area contributed by atoms with Crippen LogP contribution in [0, 0.1) is 13.8 Å². The number of rotatable bonds is 2. The van der Waals surface area contributed by atoms with Gasteiger partial charge in [0.25, 0.3) is 11.5 Å². The second kappa shape index (κ2) is 5.68. The van der Waals surface area contributed by atoms with Crippen molar-refractivity contribution >= 4 is 39.5 Å². The normalized spacial score (nSPS) is 10.9. The van der Waals surface area contributed by atoms with Crippen LogP contribution in [-0.4, -0.2) is 20.4 Å². The predicted molar refractivity (Wildman–Crippen MR) is 89.9 cm³/mol. The van der Waals surface area contributed by atoms with Gasteiger partial charge in [-0.3, -0.25) is 14.0 Å². The third-order valence-electron chi connectivity index (χ3n) is 3.28. The Morgan fingerprint density at radius 1 is 1.39 bits per heavy atom. The quantitative estimate of drug-likeness (QED) is 0.697. The monoisotopic (exact) mass is 349 g/mol. The summed E-state index contributed by atoms with van der Waals surface area (Å²) in [6.45, 7) is 3.51. The average Bonchev–Trinajstić information content (AvgIpc) is 2.86. The van der Waals surface area contributed by atoms with E-state index in [-0.39, 0.29) is 17.0 Å². The summed E-state index contributed by atoms with van der Waals surface area (Å²) < 4.78 is 1.33. The number of phenols is 1. The van der Waals surface area contributed by atoms with E-state index in [1.807, 2.05) is 6.92 Å². The van der Waals surface area contributed by atoms with Crippen molar-refractivity contribution in [3.05, 3.63) is 55.9 Å². The minimum atomic E-state index is -0.655. The highest BCUT2D eigenvalue weighted by Crippen LogP contribution is 2.31. The number of nitrogens with one attached hydrogen (secondary N) is 1. The number of carbonyl (C=O) groups is 1. The molecule has 2 N–H and O–H groups in total. The molecule has 0 radical (unpaired) electrons. The lowest BCUT2D eigenvalue weighted by Gasteiger charge is -2.09. The minimum Gasteiger partial charge on any atom is -0.505 e. The van der Waals surface area contributed by atoms with Gasteiger partial charge in [0.2, 0.25) is 0 Å². The first kappa shape index (κ1) is 15.5. The standard InChI is InChI=1S/C15H12ClN3O3S/c1-7-3-9(16)4-11(12(7)20)18-13(21)10-5-17-15-19(14(10)22)6-8(2)23-15/h3-6,20H,1-2H3,(H,18,21). The highest BCUT2D eigenvalue weighted by atomic mass is 35.5. The molecular weight excluding hydrogens is 338 g/mol. The molecule has 0 saturated heterocycles. The minimum absolute atomic E-state index is 0.0942. The highest BCUT2D eigenvalue weighted by Gasteiger charge is 2.17. The van der Waals surface area contributed by atoms with Gasteiger partial charge in [-0.2, -0.15) is 0 Å². The molecule has 6 nitrogen and oxygen atoms in total. The first-order valence-corrected chi connectivity index (χ1v) is 7.84. The maximum absolute atomic E-state index is 12.4. The molecule has 1 amide bonds. The Bertz CT molecular complexity index is 994. The Hall–Kier alpha value is -2.38. The van der Waals surface area contributed by atoms with Crippen molar-refractivity contribution in [1.29, 1.82) is 0 Å². The summed E-state index contributed by atoms with van der Waals surface area (Å²) in [5, 5.41) is 12.9. The fourth-order valence-corrected chi connectivity index (χ4v) is 3.23. The zero-order valence-corrected chi connectivity index (χ0v) is 13.8. The number of aromatic hydroxyl groups is 1. The highest BCUT2D eigenvalue weighted by molar-refractivity contribution is 7.16. The maximum Gasteiger partial charge on any atom is 0.271 e. The number of fused-ring (bicyclic) bond motifs is 1. The number of halogens is 1. The molecule has 118 valence electrons. The molecule has 1 aromatic carbocycles. The van der Waals surface area contributed by atoms with E-state index in [1.54, 1.807) is 19.2 Å². The number of carbonyl (C=O) groups excluding carboxylic acids is 1. The van der Waals surface area contributed by atoms with E-state index in [9.17, 15) is 14.7 Å². The second-order valence-corrected chi connectivity index (χ2v) is 6.69. The van der Waals surface area contributed by atoms with Crippen LogP contribution < -0.4 is 10.9 Å². The Kier molecular flexibility index (Phi) is 3.83. The van der Waals surface area contributed by atoms with Gasteiger partial charge in [-0.25, -0.2) is 4.98 Å². The summed E-state index contributed by atoms with van der Waals surface area (Å²) in [4.78, 5) is 30.3. The molecule has 0 fully saturated rings. The molecule has 0 unspecified atom stereocenters. The van der Waals surface area contributed by atoms with Crippen molar-refractivity contribution in [2.75, 3.05) is 5.32 Å². The fourth-order valence-electron chi connectivity index (χ4n) is 2.17. The summed E-state index contributed by atoms with van der Waals surface area (Å²) in [6.07, 6.45) is 2.87. The van der Waals surface area contributed by atoms with Crippen molar-refractivity contribution in [3.63, 3.8) is 0 Å². The van der Waals surface area contributed by atoms with E-state index in [0.717, 1.165) is 4.88 Å². The van der Waals surface area contributed by atoms with Gasteiger partial charge >= 0.3 is 0 Å². The molecule has 0 saturated carbocycles. The van der Waals surface area contributed by atoms with Gasteiger partial charge in [0.05, 0.1) is 5.69 Å². The molecule has 0 atom stereocenters. The van der Waals surface area contributed by atoms with E-state index in [4.69, 9.17) is 11.6 Å². The van der Waals surface area contributed by atoms with Crippen molar-refractivity contribution in [1.82, 2.24) is 9.38 Å². The van der Waals surface area contributed by atoms with Crippen LogP contribution >= 0.6 is 22.9 Å². The number of hydrogen-bond donors (Lipinski definition) is 2. The van der Waals surface area contributed by atoms with Gasteiger partial charge in [0.1, 0.15) is 11.3 Å². The number of amides is 1. The molecular formula is C15H12ClN3O3S. The van der Waals surface area contributed by atoms with Crippen molar-refractivity contribution in [3.8, 4) is 5.75 Å². The summed E-state index contributed by atoms with van der Waals surface area (Å²) in [6, 6.07) is 2.99. The summed E-state index contributed by atoms with van der Waals surface area (Å²) >= 11 is 7.28. The van der Waals surface area contributed by atoms with Crippen molar-refractivity contribution in [2.24, 2.45) is 0 Å². The lowest BCUT2D eigenvalue weighted by atomic mass is 10.2. The molecule has 3 rings (SSSR count). The van der Waals surface area contributed by atoms with Gasteiger partial charge < -0.3 is 10.4 Å². The van der Waals surface area contributed by atoms with Crippen LogP contribution in [0.3, 0.4) is 0 Å². The third kappa shape index (κ3) is 2.80. The van der Waals surface area contributed by atoms with E-state index < -0.39 is 11.5 Å². The number of benzene rings is 1. The zero-order chi connectivity index (χ0) is 16.7. The van der Waals surface area contributed by atoms with Crippen LogP contribution in [0.2, 0.25) is 5.02 Å². The van der Waals surface area contributed by atoms with Gasteiger partial charge in [-0.1, -0.05) is 11.6 Å². The lowest BCUT2D eigenvalue weighted by molar-refractivity contribution is 0.102. The number of phenolic OH excluding ortho intramolecular Hbond substituents is 1. The first-order valence-electron chi connectivity index (χ1n) is 6.65. The molecule has 0 aliphatic carbocycles. The average molecular weight is 350 g/mol. The number of nitrogens with zero attached hydrogens (tertiary/aromatic N) is 2. The number of anilines is 1. The molecule has 0 aliphatic heterocycles. The van der Waals surface area contributed by atoms with Crippen molar-refractivity contribution < 1.29 is 9.90 Å². The lowest BCUT2D eigenvalue weighted by Crippen LogP contribution is -2.25. The van der Waals surface area contributed by atoms with Crippen LogP contribution in [-0.2, 0) is 0 Å². The fraction of sp³-hybridized carbons (Fsp3) is 0.133. The Balaban J connectivity index is 2.01. The van der Waals surface area contributed by atoms with Gasteiger partial charge in [-0.15, -0.1) is 11.3 Å². The van der Waals surface area contributed by atoms with Crippen LogP contribution in [0.4, 0.5) is 5.69 Å². The van der Waals surface area contributed by atoms with Gasteiger partial charge in [0.15, 0.2) is 4.96 Å². The van der Waals surface area contributed by atoms with Crippen molar-refractivity contribution in [2.45, 2.75) is 13.8 Å². The molecule has 2 aromatic heterocycles. The molecule has 23 heavy (non-hydrogen) atoms. The second-order valence-electron chi connectivity index (χ2n) is 5.04. The largest absolute Gasteiger partial charge is 0.505 e. The maximum atomic E-state index is 12.4. The van der Waals surface area contributed by atoms with Crippen LogP contribution in [0.1, 0.15) is 20.8 Å². The van der Waals surface area contributed by atoms with Gasteiger partial charge in [-0.05, 0) is 31.5 Å². The summed E-state index contributed by atoms with van der Waals surface area (Å²) in [7, 11) is 0. The topological polar surface area (TPSA) is 83.7 Å². The van der Waals surface area contributed by atoms with E-state index >= 15 is 0 Å². The molecule has 0 aliphatic rings. The van der Waals surface area contributed by atoms with Crippen LogP contribution in [0.5, 0.6) is 5.75 Å². The van der Waals surface area contributed by atoms with E-state index in [0.29, 0.717) is 15.5 Å². The number of aromatic nitrogens is 2. The van der Waals surface area contributed by atoms with E-state index in [2.05, 4.69) is 10.3 Å². The Labute approximate surface area is 140 Å². The zero-order valence-electron chi connectivity index (χ0n) is 12.3. The first-order chi connectivity index (χ1) is 10.9. The molecule has 0 bridgehead atoms. The number of hydrogen-bond acceptors (Lipinski definition) is 5. The molecule has 8 heteroatoms. The summed E-state index contributed by atoms with van der Waals surface area (Å²) in [5.41, 5.74) is 0.0879. The van der Waals surface area contributed by atoms with E-state index in [1.165, 1.54) is 28.0 Å². The van der Waals surface area contributed by atoms with Gasteiger partial charge in [0, 0.05) is 22.3 Å². The molecule has 0 spiro atoms. The van der Waals surface area contributed by atoms with Crippen LogP contribution in [0.25, 0.3) is 4.96 Å². The number of thiazole rings is 1.